The lowest BCUT2D eigenvalue weighted by Gasteiger charge is -2.34. The smallest absolute Gasteiger partial charge is 0.325 e. The molecule has 0 spiro atoms. The summed E-state index contributed by atoms with van der Waals surface area (Å²) in [7, 11) is 2.73. The van der Waals surface area contributed by atoms with E-state index in [1.807, 2.05) is 6.92 Å². The van der Waals surface area contributed by atoms with Crippen LogP contribution in [-0.4, -0.2) is 55.5 Å². The molecule has 28 heavy (non-hydrogen) atoms. The Balaban J connectivity index is 3.31. The van der Waals surface area contributed by atoms with Gasteiger partial charge < -0.3 is 14.4 Å². The van der Waals surface area contributed by atoms with Gasteiger partial charge in [0.15, 0.2) is 0 Å². The average Bonchev–Trinajstić information content (AvgIpc) is 2.66. The lowest BCUT2D eigenvalue weighted by Crippen LogP contribution is -2.47. The lowest BCUT2D eigenvalue weighted by molar-refractivity contribution is -0.146. The number of carbonyl (C=O) groups is 2. The van der Waals surface area contributed by atoms with Gasteiger partial charge in [-0.25, -0.2) is 14.6 Å². The molecule has 9 heteroatoms. The van der Waals surface area contributed by atoms with Crippen LogP contribution in [0.15, 0.2) is 47.5 Å². The zero-order chi connectivity index (χ0) is 21.3. The molecule has 1 heterocycles. The van der Waals surface area contributed by atoms with Crippen LogP contribution in [0.25, 0.3) is 0 Å². The number of alkyl halides is 2. The summed E-state index contributed by atoms with van der Waals surface area (Å²) in [5.74, 6) is 5.55. The molecule has 156 valence electrons. The largest absolute Gasteiger partial charge is 0.501 e. The second-order valence-corrected chi connectivity index (χ2v) is 5.96. The second kappa shape index (κ2) is 11.2. The first-order chi connectivity index (χ1) is 13.3. The van der Waals surface area contributed by atoms with Crippen LogP contribution in [0.1, 0.15) is 26.2 Å². The molecule has 0 atom stereocenters. The van der Waals surface area contributed by atoms with E-state index in [1.54, 1.807) is 12.2 Å². The van der Waals surface area contributed by atoms with E-state index in [9.17, 15) is 18.4 Å². The number of hydrazine groups is 1. The zero-order valence-electron chi connectivity index (χ0n) is 16.4. The summed E-state index contributed by atoms with van der Waals surface area (Å²) in [5, 5.41) is 1.02. The highest BCUT2D eigenvalue weighted by Gasteiger charge is 2.33. The lowest BCUT2D eigenvalue weighted by atomic mass is 10.0. The Morgan fingerprint density at radius 2 is 2.04 bits per heavy atom. The number of allylic oxidation sites excluding steroid dienone is 4. The van der Waals surface area contributed by atoms with E-state index in [4.69, 9.17) is 10.6 Å². The Kier molecular flexibility index (Phi) is 9.37. The van der Waals surface area contributed by atoms with Gasteiger partial charge in [0.1, 0.15) is 12.2 Å². The van der Waals surface area contributed by atoms with E-state index in [1.165, 1.54) is 25.2 Å². The molecule has 0 saturated carbocycles. The van der Waals surface area contributed by atoms with Gasteiger partial charge in [0.25, 0.3) is 5.91 Å². The molecule has 1 aliphatic rings. The zero-order valence-corrected chi connectivity index (χ0v) is 16.4. The van der Waals surface area contributed by atoms with Crippen LogP contribution < -0.4 is 5.84 Å². The third-order valence-electron chi connectivity index (χ3n) is 4.24. The van der Waals surface area contributed by atoms with E-state index in [0.717, 1.165) is 5.01 Å². The van der Waals surface area contributed by atoms with Gasteiger partial charge in [0.05, 0.1) is 25.7 Å². The number of hydrogen-bond acceptors (Lipinski definition) is 6. The number of esters is 1. The van der Waals surface area contributed by atoms with Crippen molar-refractivity contribution in [2.75, 3.05) is 27.3 Å². The molecule has 0 saturated heterocycles. The van der Waals surface area contributed by atoms with Gasteiger partial charge in [-0.05, 0) is 30.2 Å². The first-order valence-corrected chi connectivity index (χ1v) is 8.77. The van der Waals surface area contributed by atoms with E-state index in [0.29, 0.717) is 17.9 Å². The molecule has 0 fully saturated rings. The summed E-state index contributed by atoms with van der Waals surface area (Å²) in [6.07, 6.45) is 2.23. The number of halogens is 2. The van der Waals surface area contributed by atoms with Crippen molar-refractivity contribution in [1.82, 2.24) is 9.91 Å². The van der Waals surface area contributed by atoms with Crippen LogP contribution in [0.2, 0.25) is 0 Å². The number of ether oxygens (including phenoxy) is 2. The first-order valence-electron chi connectivity index (χ1n) is 8.77. The number of carbonyl (C=O) groups excluding carboxylic acids is 2. The predicted molar refractivity (Wildman–Crippen MR) is 101 cm³/mol. The maximum Gasteiger partial charge on any atom is 0.325 e. The molecule has 0 bridgehead atoms. The van der Waals surface area contributed by atoms with Gasteiger partial charge in [-0.1, -0.05) is 13.5 Å². The molecule has 0 aromatic rings. The van der Waals surface area contributed by atoms with E-state index in [2.05, 4.69) is 11.3 Å². The molecule has 0 aromatic carbocycles. The fourth-order valence-electron chi connectivity index (χ4n) is 2.70. The third kappa shape index (κ3) is 6.19. The minimum atomic E-state index is -2.63. The molecule has 1 aliphatic heterocycles. The predicted octanol–water partition coefficient (Wildman–Crippen LogP) is 2.49. The summed E-state index contributed by atoms with van der Waals surface area (Å²) >= 11 is 0. The van der Waals surface area contributed by atoms with E-state index in [-0.39, 0.29) is 30.8 Å². The van der Waals surface area contributed by atoms with Crippen molar-refractivity contribution >= 4 is 11.9 Å². The molecule has 1 rings (SSSR count). The fraction of sp³-hybridized carbons (Fsp3) is 0.474. The van der Waals surface area contributed by atoms with E-state index >= 15 is 0 Å². The van der Waals surface area contributed by atoms with Crippen molar-refractivity contribution in [3.05, 3.63) is 47.5 Å². The topological polar surface area (TPSA) is 85.1 Å². The van der Waals surface area contributed by atoms with Crippen molar-refractivity contribution in [2.24, 2.45) is 5.84 Å². The van der Waals surface area contributed by atoms with Gasteiger partial charge in [-0.3, -0.25) is 14.6 Å². The summed E-state index contributed by atoms with van der Waals surface area (Å²) in [6, 6.07) is 0. The Hall–Kier alpha value is -2.68. The minimum absolute atomic E-state index is 0.0922. The Morgan fingerprint density at radius 1 is 1.36 bits per heavy atom. The number of rotatable bonds is 10. The molecule has 0 aromatic heterocycles. The van der Waals surface area contributed by atoms with Gasteiger partial charge in [0.2, 0.25) is 6.43 Å². The third-order valence-corrected chi connectivity index (χ3v) is 4.24. The molecule has 0 aliphatic carbocycles. The Bertz CT molecular complexity index is 681. The van der Waals surface area contributed by atoms with Crippen LogP contribution in [0.4, 0.5) is 8.78 Å². The fourth-order valence-corrected chi connectivity index (χ4v) is 2.70. The van der Waals surface area contributed by atoms with Gasteiger partial charge in [-0.15, -0.1) is 0 Å². The van der Waals surface area contributed by atoms with Gasteiger partial charge in [-0.2, -0.15) is 0 Å². The average molecular weight is 399 g/mol. The Labute approximate surface area is 163 Å². The normalized spacial score (nSPS) is 15.8. The summed E-state index contributed by atoms with van der Waals surface area (Å²) in [6.45, 7) is 5.41. The number of nitrogens with zero attached hydrogens (tertiary/aromatic N) is 2. The second-order valence-electron chi connectivity index (χ2n) is 5.96. The number of methoxy groups -OCH3 is 2. The first kappa shape index (κ1) is 23.4. The highest BCUT2D eigenvalue weighted by molar-refractivity contribution is 5.96. The molecule has 7 nitrogen and oxygen atoms in total. The van der Waals surface area contributed by atoms with Crippen molar-refractivity contribution in [2.45, 2.75) is 32.6 Å². The maximum absolute atomic E-state index is 13.0. The number of amides is 1. The van der Waals surface area contributed by atoms with Crippen molar-refractivity contribution in [3.63, 3.8) is 0 Å². The highest BCUT2D eigenvalue weighted by Crippen LogP contribution is 2.28. The monoisotopic (exact) mass is 399 g/mol. The summed E-state index contributed by atoms with van der Waals surface area (Å²) in [5.41, 5.74) is 0.450. The number of nitrogens with two attached hydrogens (primary N) is 1. The van der Waals surface area contributed by atoms with Crippen LogP contribution in [-0.2, 0) is 19.1 Å². The maximum atomic E-state index is 13.0. The van der Waals surface area contributed by atoms with Crippen LogP contribution in [0.3, 0.4) is 0 Å². The van der Waals surface area contributed by atoms with E-state index < -0.39 is 24.7 Å². The van der Waals surface area contributed by atoms with Crippen LogP contribution >= 0.6 is 0 Å². The van der Waals surface area contributed by atoms with Crippen molar-refractivity contribution in [1.29, 1.82) is 0 Å². The quantitative estimate of drug-likeness (QED) is 0.200. The van der Waals surface area contributed by atoms with Crippen LogP contribution in [0.5, 0.6) is 0 Å². The molecular weight excluding hydrogens is 372 g/mol. The molecule has 0 radical (unpaired) electrons. The Morgan fingerprint density at radius 3 is 2.54 bits per heavy atom. The number of hydrogen-bond donors (Lipinski definition) is 1. The standard InChI is InChI=1S/C19H27F2N3O4/c1-5-14(7-8-15(6-2)27-3)24(22)18-13(11-16(20)21)9-10-23(19(18)26)12-17(25)28-4/h5,7-8,16H,1,6,9-12,22H2,2-4H3/b14-7+,15-8+. The van der Waals surface area contributed by atoms with Gasteiger partial charge >= 0.3 is 5.97 Å². The SMILES string of the molecule is C=C/C(=C\C=C(/CC)OC)N(N)C1=C(CC(F)F)CCN(CC(=O)OC)C1=O. The van der Waals surface area contributed by atoms with Crippen LogP contribution in [0, 0.1) is 0 Å². The van der Waals surface area contributed by atoms with Gasteiger partial charge in [0, 0.05) is 19.4 Å². The highest BCUT2D eigenvalue weighted by atomic mass is 19.3. The molecule has 1 amide bonds. The minimum Gasteiger partial charge on any atom is -0.501 e. The summed E-state index contributed by atoms with van der Waals surface area (Å²) < 4.78 is 35.8. The van der Waals surface area contributed by atoms with Crippen molar-refractivity contribution in [3.8, 4) is 0 Å². The molecule has 0 unspecified atom stereocenters. The molecule has 2 N–H and O–H groups in total. The summed E-state index contributed by atoms with van der Waals surface area (Å²) in [4.78, 5) is 25.6. The molecular formula is C19H27F2N3O4. The van der Waals surface area contributed by atoms with Crippen molar-refractivity contribution < 1.29 is 27.8 Å².